The zero-order chi connectivity index (χ0) is 24.9. The van der Waals surface area contributed by atoms with E-state index in [1.165, 1.54) is 0 Å². The fourth-order valence-electron chi connectivity index (χ4n) is 3.66. The molecule has 2 atom stereocenters. The molecule has 0 heterocycles. The lowest BCUT2D eigenvalue weighted by atomic mass is 10.0. The van der Waals surface area contributed by atoms with Crippen LogP contribution in [0.1, 0.15) is 44.2 Å². The fourth-order valence-corrected chi connectivity index (χ4v) is 3.66. The summed E-state index contributed by atoms with van der Waals surface area (Å²) >= 11 is 0. The van der Waals surface area contributed by atoms with Crippen molar-refractivity contribution in [3.05, 3.63) is 96.1 Å². The number of hydrogen-bond donors (Lipinski definition) is 1. The molecule has 0 spiro atoms. The molecule has 3 aromatic carbocycles. The third-order valence-electron chi connectivity index (χ3n) is 5.82. The van der Waals surface area contributed by atoms with E-state index in [0.29, 0.717) is 12.4 Å². The molecule has 0 radical (unpaired) electrons. The summed E-state index contributed by atoms with van der Waals surface area (Å²) in [7, 11) is 0. The van der Waals surface area contributed by atoms with Gasteiger partial charge < -0.3 is 14.8 Å². The summed E-state index contributed by atoms with van der Waals surface area (Å²) < 4.78 is 11.7. The van der Waals surface area contributed by atoms with Crippen LogP contribution in [-0.2, 0) is 27.4 Å². The van der Waals surface area contributed by atoms with Crippen LogP contribution in [0.3, 0.4) is 0 Å². The predicted octanol–water partition coefficient (Wildman–Crippen LogP) is 6.12. The number of nitrogens with one attached hydrogen (secondary N) is 1. The quantitative estimate of drug-likeness (QED) is 0.306. The van der Waals surface area contributed by atoms with Crippen molar-refractivity contribution >= 4 is 11.7 Å². The summed E-state index contributed by atoms with van der Waals surface area (Å²) in [6.45, 7) is 4.53. The maximum atomic E-state index is 13.2. The monoisotopic (exact) mass is 473 g/mol. The molecule has 0 saturated heterocycles. The van der Waals surface area contributed by atoms with Crippen LogP contribution < -0.4 is 10.1 Å². The van der Waals surface area contributed by atoms with Crippen molar-refractivity contribution in [2.45, 2.75) is 52.2 Å². The van der Waals surface area contributed by atoms with Gasteiger partial charge in [0.05, 0.1) is 13.2 Å². The Morgan fingerprint density at radius 3 is 2.11 bits per heavy atom. The van der Waals surface area contributed by atoms with Gasteiger partial charge in [-0.05, 0) is 41.8 Å². The van der Waals surface area contributed by atoms with Gasteiger partial charge in [-0.15, -0.1) is 0 Å². The minimum atomic E-state index is -0.699. The van der Waals surface area contributed by atoms with Crippen molar-refractivity contribution in [2.24, 2.45) is 5.92 Å². The maximum absolute atomic E-state index is 13.2. The summed E-state index contributed by atoms with van der Waals surface area (Å²) in [5, 5.41) is 2.94. The molecule has 1 amide bonds. The Kier molecular flexibility index (Phi) is 10.5. The number of para-hydroxylation sites is 1. The largest absolute Gasteiger partial charge is 0.457 e. The molecule has 35 heavy (non-hydrogen) atoms. The van der Waals surface area contributed by atoms with Gasteiger partial charge in [-0.1, -0.05) is 87.4 Å². The van der Waals surface area contributed by atoms with Crippen molar-refractivity contribution in [3.63, 3.8) is 0 Å². The summed E-state index contributed by atoms with van der Waals surface area (Å²) in [6, 6.07) is 26.1. The first kappa shape index (κ1) is 26.2. The lowest BCUT2D eigenvalue weighted by Crippen LogP contribution is -2.46. The van der Waals surface area contributed by atoms with Crippen LogP contribution in [0.5, 0.6) is 11.5 Å². The number of carbonyl (C=O) groups is 2. The number of carbonyl (C=O) groups excluding carboxylic acids is 2. The number of ketones is 1. The molecular weight excluding hydrogens is 438 g/mol. The zero-order valence-corrected chi connectivity index (χ0v) is 20.6. The van der Waals surface area contributed by atoms with E-state index >= 15 is 0 Å². The maximum Gasteiger partial charge on any atom is 0.223 e. The number of rotatable bonds is 14. The van der Waals surface area contributed by atoms with Gasteiger partial charge in [0.15, 0.2) is 5.78 Å². The van der Waals surface area contributed by atoms with Crippen LogP contribution in [-0.4, -0.2) is 24.3 Å². The summed E-state index contributed by atoms with van der Waals surface area (Å²) in [5.41, 5.74) is 1.88. The third kappa shape index (κ3) is 9.02. The topological polar surface area (TPSA) is 64.6 Å². The highest BCUT2D eigenvalue weighted by atomic mass is 16.5. The van der Waals surface area contributed by atoms with E-state index in [4.69, 9.17) is 9.47 Å². The lowest BCUT2D eigenvalue weighted by Gasteiger charge is -2.20. The Labute approximate surface area is 208 Å². The average Bonchev–Trinajstić information content (AvgIpc) is 2.89. The van der Waals surface area contributed by atoms with Gasteiger partial charge in [0.1, 0.15) is 17.5 Å². The minimum absolute atomic E-state index is 0.0779. The summed E-state index contributed by atoms with van der Waals surface area (Å²) in [4.78, 5) is 25.9. The smallest absolute Gasteiger partial charge is 0.223 e. The molecule has 0 aromatic heterocycles. The fraction of sp³-hybridized carbons (Fsp3) is 0.333. The second-order valence-electron chi connectivity index (χ2n) is 8.81. The van der Waals surface area contributed by atoms with Crippen molar-refractivity contribution in [1.82, 2.24) is 5.32 Å². The SMILES string of the molecule is CCCCC(C)C(=O)NC(COCc1ccccc1)C(=O)Cc1ccc(Oc2ccccc2)cc1. The molecule has 0 aliphatic heterocycles. The van der Waals surface area contributed by atoms with Crippen LogP contribution in [0.4, 0.5) is 0 Å². The highest BCUT2D eigenvalue weighted by Gasteiger charge is 2.24. The van der Waals surface area contributed by atoms with Crippen molar-refractivity contribution in [3.8, 4) is 11.5 Å². The first-order valence-corrected chi connectivity index (χ1v) is 12.3. The molecule has 3 rings (SSSR count). The molecule has 5 nitrogen and oxygen atoms in total. The number of unbranched alkanes of at least 4 members (excludes halogenated alkanes) is 1. The van der Waals surface area contributed by atoms with Gasteiger partial charge in [0, 0.05) is 12.3 Å². The Morgan fingerprint density at radius 2 is 1.46 bits per heavy atom. The Bertz CT molecular complexity index is 1030. The molecule has 2 unspecified atom stereocenters. The van der Waals surface area contributed by atoms with Gasteiger partial charge in [0.25, 0.3) is 0 Å². The number of ether oxygens (including phenoxy) is 2. The summed E-state index contributed by atoms with van der Waals surface area (Å²) in [5.74, 6) is 1.13. The Morgan fingerprint density at radius 1 is 0.829 bits per heavy atom. The molecule has 0 saturated carbocycles. The predicted molar refractivity (Wildman–Crippen MR) is 138 cm³/mol. The molecule has 0 bridgehead atoms. The Balaban J connectivity index is 1.60. The second kappa shape index (κ2) is 14.1. The molecular formula is C30H35NO4. The van der Waals surface area contributed by atoms with E-state index < -0.39 is 6.04 Å². The zero-order valence-electron chi connectivity index (χ0n) is 20.6. The van der Waals surface area contributed by atoms with Crippen molar-refractivity contribution < 1.29 is 19.1 Å². The van der Waals surface area contributed by atoms with Crippen molar-refractivity contribution in [1.29, 1.82) is 0 Å². The number of Topliss-reactive ketones (excluding diaryl/α,β-unsaturated/α-hetero) is 1. The van der Waals surface area contributed by atoms with E-state index in [-0.39, 0.29) is 30.6 Å². The number of hydrogen-bond acceptors (Lipinski definition) is 4. The second-order valence-corrected chi connectivity index (χ2v) is 8.81. The van der Waals surface area contributed by atoms with Crippen LogP contribution >= 0.6 is 0 Å². The summed E-state index contributed by atoms with van der Waals surface area (Å²) in [6.07, 6.45) is 3.02. The van der Waals surface area contributed by atoms with E-state index in [0.717, 1.165) is 36.1 Å². The highest BCUT2D eigenvalue weighted by molar-refractivity contribution is 5.91. The van der Waals surface area contributed by atoms with Gasteiger partial charge in [-0.25, -0.2) is 0 Å². The molecule has 1 N–H and O–H groups in total. The average molecular weight is 474 g/mol. The van der Waals surface area contributed by atoms with E-state index in [1.807, 2.05) is 91.9 Å². The first-order valence-electron chi connectivity index (χ1n) is 12.3. The van der Waals surface area contributed by atoms with Gasteiger partial charge in [-0.3, -0.25) is 9.59 Å². The number of amides is 1. The number of benzene rings is 3. The van der Waals surface area contributed by atoms with E-state index in [1.54, 1.807) is 0 Å². The minimum Gasteiger partial charge on any atom is -0.457 e. The molecule has 0 aliphatic carbocycles. The highest BCUT2D eigenvalue weighted by Crippen LogP contribution is 2.21. The van der Waals surface area contributed by atoms with Gasteiger partial charge >= 0.3 is 0 Å². The van der Waals surface area contributed by atoms with Crippen LogP contribution in [0.25, 0.3) is 0 Å². The van der Waals surface area contributed by atoms with Gasteiger partial charge in [-0.2, -0.15) is 0 Å². The molecule has 3 aromatic rings. The first-order chi connectivity index (χ1) is 17.0. The van der Waals surface area contributed by atoms with Crippen molar-refractivity contribution in [2.75, 3.05) is 6.61 Å². The lowest BCUT2D eigenvalue weighted by molar-refractivity contribution is -0.131. The Hall–Kier alpha value is -3.44. The normalized spacial score (nSPS) is 12.5. The molecule has 0 aliphatic rings. The molecule has 184 valence electrons. The van der Waals surface area contributed by atoms with Crippen LogP contribution in [0, 0.1) is 5.92 Å². The van der Waals surface area contributed by atoms with E-state index in [2.05, 4.69) is 12.2 Å². The third-order valence-corrected chi connectivity index (χ3v) is 5.82. The molecule has 5 heteroatoms. The standard InChI is InChI=1S/C30H35NO4/c1-3-4-11-23(2)30(33)31-28(22-34-21-25-12-7-5-8-13-25)29(32)20-24-16-18-27(19-17-24)35-26-14-9-6-10-15-26/h5-10,12-19,23,28H,3-4,11,20-22H2,1-2H3,(H,31,33). The van der Waals surface area contributed by atoms with Crippen LogP contribution in [0.15, 0.2) is 84.9 Å². The van der Waals surface area contributed by atoms with E-state index in [9.17, 15) is 9.59 Å². The molecule has 0 fully saturated rings. The van der Waals surface area contributed by atoms with Crippen LogP contribution in [0.2, 0.25) is 0 Å². The van der Waals surface area contributed by atoms with Gasteiger partial charge in [0.2, 0.25) is 5.91 Å².